The normalized spacial score (nSPS) is 10.2. The van der Waals surface area contributed by atoms with Gasteiger partial charge in [0.15, 0.2) is 0 Å². The molecule has 1 amide bonds. The van der Waals surface area contributed by atoms with Crippen molar-refractivity contribution < 1.29 is 9.90 Å². The van der Waals surface area contributed by atoms with E-state index in [9.17, 15) is 9.90 Å². The fraction of sp³-hybridized carbons (Fsp3) is 0.133. The van der Waals surface area contributed by atoms with Gasteiger partial charge in [-0.15, -0.1) is 0 Å². The highest BCUT2D eigenvalue weighted by molar-refractivity contribution is 6.33. The Bertz CT molecular complexity index is 612. The molecule has 5 heteroatoms. The fourth-order valence-corrected chi connectivity index (χ4v) is 1.99. The Labute approximate surface area is 122 Å². The Morgan fingerprint density at radius 3 is 2.60 bits per heavy atom. The van der Waals surface area contributed by atoms with Gasteiger partial charge in [-0.1, -0.05) is 23.7 Å². The van der Waals surface area contributed by atoms with Crippen molar-refractivity contribution >= 4 is 23.2 Å². The van der Waals surface area contributed by atoms with Crippen LogP contribution in [0, 0.1) is 0 Å². The lowest BCUT2D eigenvalue weighted by Gasteiger charge is -2.07. The first kappa shape index (κ1) is 14.2. The predicted molar refractivity (Wildman–Crippen MR) is 80.0 cm³/mol. The molecule has 2 rings (SSSR count). The van der Waals surface area contributed by atoms with Crippen molar-refractivity contribution in [1.82, 2.24) is 5.32 Å². The molecule has 0 atom stereocenters. The second-order valence-corrected chi connectivity index (χ2v) is 4.82. The summed E-state index contributed by atoms with van der Waals surface area (Å²) >= 11 is 5.92. The molecule has 0 unspecified atom stereocenters. The van der Waals surface area contributed by atoms with Crippen molar-refractivity contribution in [1.29, 1.82) is 0 Å². The molecule has 2 aromatic carbocycles. The van der Waals surface area contributed by atoms with E-state index in [2.05, 4.69) is 5.32 Å². The summed E-state index contributed by atoms with van der Waals surface area (Å²) in [6, 6.07) is 11.8. The molecule has 0 bridgehead atoms. The lowest BCUT2D eigenvalue weighted by molar-refractivity contribution is 0.0954. The first-order valence-corrected chi connectivity index (χ1v) is 6.55. The number of phenolic OH excluding ortho intramolecular Hbond substituents is 1. The van der Waals surface area contributed by atoms with Crippen LogP contribution in [0.1, 0.15) is 15.9 Å². The number of nitrogens with two attached hydrogens (primary N) is 1. The maximum absolute atomic E-state index is 11.9. The van der Waals surface area contributed by atoms with Crippen LogP contribution in [-0.4, -0.2) is 17.6 Å². The molecule has 0 saturated carbocycles. The Morgan fingerprint density at radius 1 is 1.20 bits per heavy atom. The Kier molecular flexibility index (Phi) is 4.48. The van der Waals surface area contributed by atoms with Crippen molar-refractivity contribution in [3.8, 4) is 5.75 Å². The number of phenols is 1. The Morgan fingerprint density at radius 2 is 1.90 bits per heavy atom. The number of rotatable bonds is 4. The second kappa shape index (κ2) is 6.30. The number of nitrogens with one attached hydrogen (secondary N) is 1. The van der Waals surface area contributed by atoms with Gasteiger partial charge in [0.1, 0.15) is 5.75 Å². The Balaban J connectivity index is 1.92. The molecule has 4 N–H and O–H groups in total. The Hall–Kier alpha value is -2.20. The zero-order valence-corrected chi connectivity index (χ0v) is 11.5. The summed E-state index contributed by atoms with van der Waals surface area (Å²) in [5, 5.41) is 12.4. The van der Waals surface area contributed by atoms with Crippen LogP contribution in [0.25, 0.3) is 0 Å². The molecule has 20 heavy (non-hydrogen) atoms. The summed E-state index contributed by atoms with van der Waals surface area (Å²) < 4.78 is 0. The van der Waals surface area contributed by atoms with Crippen molar-refractivity contribution in [3.05, 3.63) is 58.6 Å². The maximum Gasteiger partial charge on any atom is 0.252 e. The zero-order chi connectivity index (χ0) is 14.5. The SMILES string of the molecule is Nc1ccc(CCNC(=O)c2cc(O)ccc2Cl)cc1. The van der Waals surface area contributed by atoms with Gasteiger partial charge in [-0.05, 0) is 42.3 Å². The molecule has 0 aliphatic rings. The number of anilines is 1. The topological polar surface area (TPSA) is 75.3 Å². The van der Waals surface area contributed by atoms with Crippen LogP contribution in [0.2, 0.25) is 5.02 Å². The monoisotopic (exact) mass is 290 g/mol. The largest absolute Gasteiger partial charge is 0.508 e. The molecule has 0 heterocycles. The molecule has 0 aromatic heterocycles. The van der Waals surface area contributed by atoms with E-state index in [0.29, 0.717) is 23.7 Å². The van der Waals surface area contributed by atoms with Crippen molar-refractivity contribution in [2.45, 2.75) is 6.42 Å². The molecule has 0 saturated heterocycles. The van der Waals surface area contributed by atoms with E-state index in [4.69, 9.17) is 17.3 Å². The van der Waals surface area contributed by atoms with Gasteiger partial charge in [-0.2, -0.15) is 0 Å². The third kappa shape index (κ3) is 3.65. The van der Waals surface area contributed by atoms with Gasteiger partial charge >= 0.3 is 0 Å². The number of carbonyl (C=O) groups is 1. The van der Waals surface area contributed by atoms with Crippen LogP contribution in [0.5, 0.6) is 5.75 Å². The first-order valence-electron chi connectivity index (χ1n) is 6.17. The van der Waals surface area contributed by atoms with Crippen LogP contribution in [0.4, 0.5) is 5.69 Å². The van der Waals surface area contributed by atoms with Gasteiger partial charge in [0.25, 0.3) is 5.91 Å². The standard InChI is InChI=1S/C15H15ClN2O2/c16-14-6-5-12(19)9-13(14)15(20)18-8-7-10-1-3-11(17)4-2-10/h1-6,9,19H,7-8,17H2,(H,18,20). The van der Waals surface area contributed by atoms with E-state index in [1.807, 2.05) is 24.3 Å². The molecular weight excluding hydrogens is 276 g/mol. The second-order valence-electron chi connectivity index (χ2n) is 4.41. The summed E-state index contributed by atoms with van der Waals surface area (Å²) in [5.74, 6) is -0.292. The summed E-state index contributed by atoms with van der Waals surface area (Å²) in [6.07, 6.45) is 0.697. The third-order valence-corrected chi connectivity index (χ3v) is 3.20. The molecule has 4 nitrogen and oxygen atoms in total. The molecule has 0 radical (unpaired) electrons. The molecule has 104 valence electrons. The van der Waals surface area contributed by atoms with E-state index < -0.39 is 0 Å². The highest BCUT2D eigenvalue weighted by Gasteiger charge is 2.10. The van der Waals surface area contributed by atoms with Gasteiger partial charge in [0.05, 0.1) is 10.6 Å². The van der Waals surface area contributed by atoms with E-state index in [1.165, 1.54) is 18.2 Å². The van der Waals surface area contributed by atoms with Gasteiger partial charge in [-0.3, -0.25) is 4.79 Å². The number of carbonyl (C=O) groups excluding carboxylic acids is 1. The maximum atomic E-state index is 11.9. The van der Waals surface area contributed by atoms with Crippen LogP contribution in [0.15, 0.2) is 42.5 Å². The molecule has 0 aliphatic heterocycles. The van der Waals surface area contributed by atoms with Crippen molar-refractivity contribution in [3.63, 3.8) is 0 Å². The fourth-order valence-electron chi connectivity index (χ4n) is 1.79. The first-order chi connectivity index (χ1) is 9.56. The van der Waals surface area contributed by atoms with Gasteiger partial charge in [0.2, 0.25) is 0 Å². The molecular formula is C15H15ClN2O2. The minimum absolute atomic E-state index is 0.0121. The number of amides is 1. The van der Waals surface area contributed by atoms with Gasteiger partial charge in [-0.25, -0.2) is 0 Å². The van der Waals surface area contributed by atoms with E-state index >= 15 is 0 Å². The van der Waals surface area contributed by atoms with E-state index in [-0.39, 0.29) is 17.2 Å². The van der Waals surface area contributed by atoms with Crippen molar-refractivity contribution in [2.24, 2.45) is 0 Å². The van der Waals surface area contributed by atoms with E-state index in [0.717, 1.165) is 5.56 Å². The minimum atomic E-state index is -0.304. The third-order valence-electron chi connectivity index (χ3n) is 2.87. The van der Waals surface area contributed by atoms with Gasteiger partial charge in [0, 0.05) is 12.2 Å². The summed E-state index contributed by atoms with van der Waals surface area (Å²) in [5.41, 5.74) is 7.67. The molecule has 0 spiro atoms. The lowest BCUT2D eigenvalue weighted by atomic mass is 10.1. The average Bonchev–Trinajstić information content (AvgIpc) is 2.43. The van der Waals surface area contributed by atoms with Crippen LogP contribution in [-0.2, 0) is 6.42 Å². The van der Waals surface area contributed by atoms with Crippen LogP contribution in [0.3, 0.4) is 0 Å². The number of hydrogen-bond acceptors (Lipinski definition) is 3. The smallest absolute Gasteiger partial charge is 0.252 e. The summed E-state index contributed by atoms with van der Waals surface area (Å²) in [6.45, 7) is 0.481. The van der Waals surface area contributed by atoms with Crippen LogP contribution >= 0.6 is 11.6 Å². The highest BCUT2D eigenvalue weighted by Crippen LogP contribution is 2.20. The number of nitrogen functional groups attached to an aromatic ring is 1. The van der Waals surface area contributed by atoms with E-state index in [1.54, 1.807) is 0 Å². The highest BCUT2D eigenvalue weighted by atomic mass is 35.5. The quantitative estimate of drug-likeness (QED) is 0.758. The molecule has 0 fully saturated rings. The lowest BCUT2D eigenvalue weighted by Crippen LogP contribution is -2.25. The molecule has 0 aliphatic carbocycles. The molecule has 2 aromatic rings. The summed E-state index contributed by atoms with van der Waals surface area (Å²) in [4.78, 5) is 11.9. The van der Waals surface area contributed by atoms with Crippen molar-refractivity contribution in [2.75, 3.05) is 12.3 Å². The number of halogens is 1. The predicted octanol–water partition coefficient (Wildman–Crippen LogP) is 2.60. The van der Waals surface area contributed by atoms with Crippen LogP contribution < -0.4 is 11.1 Å². The average molecular weight is 291 g/mol. The number of aromatic hydroxyl groups is 1. The zero-order valence-electron chi connectivity index (χ0n) is 10.8. The number of benzene rings is 2. The van der Waals surface area contributed by atoms with Gasteiger partial charge < -0.3 is 16.2 Å². The minimum Gasteiger partial charge on any atom is -0.508 e. The summed E-state index contributed by atoms with van der Waals surface area (Å²) in [7, 11) is 0. The number of hydrogen-bond donors (Lipinski definition) is 3.